The Morgan fingerprint density at radius 1 is 0.216 bits per heavy atom. The van der Waals surface area contributed by atoms with Crippen LogP contribution in [0.4, 0.5) is 68.2 Å². The zero-order valence-electron chi connectivity index (χ0n) is 49.1. The molecule has 0 saturated heterocycles. The Bertz CT molecular complexity index is 4740. The van der Waals surface area contributed by atoms with Crippen molar-refractivity contribution in [1.82, 2.24) is 19.9 Å². The van der Waals surface area contributed by atoms with Crippen molar-refractivity contribution in [3.63, 3.8) is 0 Å². The van der Waals surface area contributed by atoms with E-state index in [2.05, 4.69) is 278 Å². The van der Waals surface area contributed by atoms with Crippen LogP contribution in [0.5, 0.6) is 0 Å². The summed E-state index contributed by atoms with van der Waals surface area (Å²) >= 11 is 0. The molecule has 12 aromatic carbocycles. The number of rotatable bonds is 12. The SMILES string of the molecule is Cc1ccccc1N(c1ccc2cccnc2c1)c1cc(N(c2ccc3cccnc3c2)c2ccccc2C)c2ccc3c(N(c4ccc5cccnc5c4)c4ccccc4C)cc(N(c4ccc5cccnc5c4)c4ccccc4C)c4ccc1c2c43. The Labute approximate surface area is 510 Å². The van der Waals surface area contributed by atoms with Crippen LogP contribution in [0.3, 0.4) is 0 Å². The van der Waals surface area contributed by atoms with E-state index in [4.69, 9.17) is 19.9 Å². The van der Waals surface area contributed by atoms with Gasteiger partial charge in [-0.1, -0.05) is 146 Å². The van der Waals surface area contributed by atoms with Crippen molar-refractivity contribution in [2.75, 3.05) is 19.6 Å². The molecule has 0 aliphatic carbocycles. The maximum absolute atomic E-state index is 4.96. The molecule has 0 fully saturated rings. The maximum atomic E-state index is 4.96. The molecule has 0 amide bonds. The molecule has 0 aliphatic rings. The first-order valence-corrected chi connectivity index (χ1v) is 29.9. The third-order valence-corrected chi connectivity index (χ3v) is 17.6. The standard InChI is InChI=1S/C80H58N8/c1-51-17-5-9-25-71(51)85(59-33-29-55-21-13-41-81-67(55)45-59)75-49-76(86(72-26-10-6-18-52(72)2)60-34-30-56-22-14-42-82-68(56)46-60)64-39-40-66-78(88(74-28-12-8-20-54(74)4)62-36-32-58-24-16-44-84-70(58)48-62)50-77(65-38-37-63(75)79(64)80(65)66)87(73-27-11-7-19-53(73)3)61-35-31-57-23-15-43-83-69(57)47-61/h5-50H,1-4H3. The third-order valence-electron chi connectivity index (χ3n) is 17.6. The van der Waals surface area contributed by atoms with Crippen molar-refractivity contribution in [2.24, 2.45) is 0 Å². The lowest BCUT2D eigenvalue weighted by atomic mass is 9.88. The second kappa shape index (κ2) is 21.2. The van der Waals surface area contributed by atoms with Gasteiger partial charge in [0.25, 0.3) is 0 Å². The molecule has 0 bridgehead atoms. The lowest BCUT2D eigenvalue weighted by Crippen LogP contribution is -2.17. The highest BCUT2D eigenvalue weighted by molar-refractivity contribution is 6.33. The molecule has 4 heterocycles. The predicted octanol–water partition coefficient (Wildman–Crippen LogP) is 21.9. The first kappa shape index (κ1) is 52.1. The normalized spacial score (nSPS) is 11.6. The van der Waals surface area contributed by atoms with Crippen LogP contribution in [0.15, 0.2) is 280 Å². The van der Waals surface area contributed by atoms with E-state index in [1.165, 1.54) is 0 Å². The number of anilines is 12. The number of nitrogens with zero attached hydrogens (tertiary/aromatic N) is 8. The summed E-state index contributed by atoms with van der Waals surface area (Å²) in [6.07, 6.45) is 7.54. The van der Waals surface area contributed by atoms with Crippen molar-refractivity contribution >= 4 is 144 Å². The number of para-hydroxylation sites is 4. The van der Waals surface area contributed by atoms with Gasteiger partial charge in [0.15, 0.2) is 0 Å². The van der Waals surface area contributed by atoms with Gasteiger partial charge in [0.05, 0.1) is 44.8 Å². The molecule has 0 aliphatic heterocycles. The fourth-order valence-electron chi connectivity index (χ4n) is 13.3. The van der Waals surface area contributed by atoms with Crippen molar-refractivity contribution in [3.05, 3.63) is 302 Å². The smallest absolute Gasteiger partial charge is 0.0722 e. The van der Waals surface area contributed by atoms with Crippen LogP contribution in [-0.2, 0) is 0 Å². The Morgan fingerprint density at radius 2 is 0.455 bits per heavy atom. The number of aryl methyl sites for hydroxylation is 4. The van der Waals surface area contributed by atoms with Crippen molar-refractivity contribution in [1.29, 1.82) is 0 Å². The van der Waals surface area contributed by atoms with Crippen LogP contribution < -0.4 is 19.6 Å². The molecule has 8 heteroatoms. The van der Waals surface area contributed by atoms with Gasteiger partial charge in [-0.25, -0.2) is 0 Å². The zero-order chi connectivity index (χ0) is 59.0. The minimum atomic E-state index is 0.913. The van der Waals surface area contributed by atoms with Gasteiger partial charge in [-0.2, -0.15) is 0 Å². The Kier molecular flexibility index (Phi) is 12.6. The molecular weight excluding hydrogens is 1070 g/mol. The third kappa shape index (κ3) is 8.75. The summed E-state index contributed by atoms with van der Waals surface area (Å²) in [7, 11) is 0. The highest BCUT2D eigenvalue weighted by Gasteiger charge is 2.31. The van der Waals surface area contributed by atoms with Crippen molar-refractivity contribution < 1.29 is 0 Å². The van der Waals surface area contributed by atoms with Gasteiger partial charge in [-0.3, -0.25) is 19.9 Å². The van der Waals surface area contributed by atoms with E-state index in [1.54, 1.807) is 0 Å². The van der Waals surface area contributed by atoms with Gasteiger partial charge in [0.2, 0.25) is 0 Å². The van der Waals surface area contributed by atoms with Crippen LogP contribution >= 0.6 is 0 Å². The van der Waals surface area contributed by atoms with Gasteiger partial charge in [0, 0.05) is 124 Å². The first-order chi connectivity index (χ1) is 43.3. The minimum absolute atomic E-state index is 0.913. The summed E-state index contributed by atoms with van der Waals surface area (Å²) in [5.41, 5.74) is 20.4. The second-order valence-electron chi connectivity index (χ2n) is 22.9. The number of pyridine rings is 4. The molecule has 0 atom stereocenters. The van der Waals surface area contributed by atoms with E-state index in [1.807, 2.05) is 49.1 Å². The van der Waals surface area contributed by atoms with E-state index in [9.17, 15) is 0 Å². The number of hydrogen-bond acceptors (Lipinski definition) is 8. The maximum Gasteiger partial charge on any atom is 0.0722 e. The highest BCUT2D eigenvalue weighted by atomic mass is 15.2. The lowest BCUT2D eigenvalue weighted by Gasteiger charge is -2.35. The largest absolute Gasteiger partial charge is 0.309 e. The van der Waals surface area contributed by atoms with Gasteiger partial charge in [0.1, 0.15) is 0 Å². The van der Waals surface area contributed by atoms with Crippen LogP contribution in [0, 0.1) is 27.7 Å². The average molecular weight is 1130 g/mol. The first-order valence-electron chi connectivity index (χ1n) is 29.9. The molecule has 0 unspecified atom stereocenters. The fourth-order valence-corrected chi connectivity index (χ4v) is 13.3. The summed E-state index contributed by atoms with van der Waals surface area (Å²) in [5.74, 6) is 0. The molecule has 0 radical (unpaired) electrons. The molecule has 16 rings (SSSR count). The second-order valence-corrected chi connectivity index (χ2v) is 22.9. The Hall–Kier alpha value is -11.5. The molecule has 0 saturated carbocycles. The molecule has 8 nitrogen and oxygen atoms in total. The van der Waals surface area contributed by atoms with E-state index >= 15 is 0 Å². The van der Waals surface area contributed by atoms with Crippen LogP contribution in [0.2, 0.25) is 0 Å². The van der Waals surface area contributed by atoms with E-state index in [0.717, 1.165) is 166 Å². The van der Waals surface area contributed by atoms with Gasteiger partial charge >= 0.3 is 0 Å². The van der Waals surface area contributed by atoms with Gasteiger partial charge < -0.3 is 19.6 Å². The molecule has 418 valence electrons. The summed E-state index contributed by atoms with van der Waals surface area (Å²) in [5, 5.41) is 10.9. The molecule has 4 aromatic heterocycles. The minimum Gasteiger partial charge on any atom is -0.309 e. The van der Waals surface area contributed by atoms with Crippen molar-refractivity contribution in [2.45, 2.75) is 27.7 Å². The summed E-state index contributed by atoms with van der Waals surface area (Å²) < 4.78 is 0. The number of aromatic nitrogens is 4. The number of fused-ring (bicyclic) bond motifs is 4. The highest BCUT2D eigenvalue weighted by Crippen LogP contribution is 2.56. The molecule has 88 heavy (non-hydrogen) atoms. The van der Waals surface area contributed by atoms with Crippen LogP contribution in [0.1, 0.15) is 22.3 Å². The van der Waals surface area contributed by atoms with E-state index in [-0.39, 0.29) is 0 Å². The lowest BCUT2D eigenvalue weighted by molar-refractivity contribution is 1.23. The number of hydrogen-bond donors (Lipinski definition) is 0. The molecule has 16 aromatic rings. The molecule has 0 N–H and O–H groups in total. The quantitative estimate of drug-likeness (QED) is 0.112. The Balaban J connectivity index is 1.11. The summed E-state index contributed by atoms with van der Waals surface area (Å²) in [6.45, 7) is 8.85. The summed E-state index contributed by atoms with van der Waals surface area (Å²) in [6, 6.07) is 92.6. The van der Waals surface area contributed by atoms with Crippen LogP contribution in [0.25, 0.3) is 75.9 Å². The molecular formula is C80H58N8. The monoisotopic (exact) mass is 1130 g/mol. The van der Waals surface area contributed by atoms with Crippen LogP contribution in [-0.4, -0.2) is 19.9 Å². The predicted molar refractivity (Wildman–Crippen MR) is 369 cm³/mol. The van der Waals surface area contributed by atoms with Crippen molar-refractivity contribution in [3.8, 4) is 0 Å². The van der Waals surface area contributed by atoms with Gasteiger partial charge in [-0.05, 0) is 159 Å². The fraction of sp³-hybridized carbons (Fsp3) is 0.0500. The zero-order valence-corrected chi connectivity index (χ0v) is 49.1. The van der Waals surface area contributed by atoms with E-state index < -0.39 is 0 Å². The molecule has 0 spiro atoms. The topological polar surface area (TPSA) is 64.5 Å². The summed E-state index contributed by atoms with van der Waals surface area (Å²) in [4.78, 5) is 29.7. The Morgan fingerprint density at radius 3 is 0.693 bits per heavy atom. The average Bonchev–Trinajstić information content (AvgIpc) is 0.747. The number of benzene rings is 12. The van der Waals surface area contributed by atoms with E-state index in [0.29, 0.717) is 0 Å². The van der Waals surface area contributed by atoms with Gasteiger partial charge in [-0.15, -0.1) is 0 Å².